The third-order valence-electron chi connectivity index (χ3n) is 4.06. The Bertz CT molecular complexity index is 459. The van der Waals surface area contributed by atoms with Crippen molar-refractivity contribution in [2.24, 2.45) is 0 Å². The van der Waals surface area contributed by atoms with Gasteiger partial charge in [0.1, 0.15) is 0 Å². The molecule has 0 bridgehead atoms. The Morgan fingerprint density at radius 2 is 1.95 bits per heavy atom. The van der Waals surface area contributed by atoms with Crippen molar-refractivity contribution in [1.29, 1.82) is 0 Å². The van der Waals surface area contributed by atoms with E-state index < -0.39 is 0 Å². The van der Waals surface area contributed by atoms with Gasteiger partial charge < -0.3 is 4.90 Å². The molecular formula is C14H21N3OS. The van der Waals surface area contributed by atoms with Crippen LogP contribution in [0.2, 0.25) is 0 Å². The lowest BCUT2D eigenvalue weighted by atomic mass is 10.2. The van der Waals surface area contributed by atoms with E-state index in [0.29, 0.717) is 12.0 Å². The molecule has 2 fully saturated rings. The van der Waals surface area contributed by atoms with Crippen LogP contribution < -0.4 is 4.90 Å². The number of carbonyl (C=O) groups is 1. The first-order chi connectivity index (χ1) is 9.19. The fourth-order valence-corrected chi connectivity index (χ4v) is 3.65. The second-order valence-corrected chi connectivity index (χ2v) is 6.76. The van der Waals surface area contributed by atoms with Crippen molar-refractivity contribution in [3.63, 3.8) is 0 Å². The van der Waals surface area contributed by atoms with Gasteiger partial charge in [0.15, 0.2) is 11.4 Å². The Balaban J connectivity index is 1.71. The summed E-state index contributed by atoms with van der Waals surface area (Å²) in [5.41, 5.74) is 1.06. The summed E-state index contributed by atoms with van der Waals surface area (Å²) in [7, 11) is 0. The zero-order valence-electron chi connectivity index (χ0n) is 11.6. The molecule has 0 radical (unpaired) electrons. The van der Waals surface area contributed by atoms with Crippen LogP contribution in [0.4, 0.5) is 5.13 Å². The van der Waals surface area contributed by atoms with Crippen LogP contribution in [0.1, 0.15) is 48.0 Å². The SMILES string of the molecule is CC(C)N1CCN(c2nc(C3CC3)c(C=O)s2)CC1. The van der Waals surface area contributed by atoms with Crippen molar-refractivity contribution in [2.75, 3.05) is 31.1 Å². The number of rotatable bonds is 4. The number of thiazole rings is 1. The Morgan fingerprint density at radius 3 is 2.47 bits per heavy atom. The molecule has 5 heteroatoms. The van der Waals surface area contributed by atoms with Gasteiger partial charge in [-0.15, -0.1) is 0 Å². The van der Waals surface area contributed by atoms with Gasteiger partial charge in [0.05, 0.1) is 10.6 Å². The summed E-state index contributed by atoms with van der Waals surface area (Å²) in [5.74, 6) is 0.558. The van der Waals surface area contributed by atoms with Crippen LogP contribution in [0.15, 0.2) is 0 Å². The summed E-state index contributed by atoms with van der Waals surface area (Å²) in [5, 5.41) is 1.05. The molecule has 0 atom stereocenters. The van der Waals surface area contributed by atoms with E-state index in [1.54, 1.807) is 11.3 Å². The predicted octanol–water partition coefficient (Wildman–Crippen LogP) is 2.36. The molecule has 104 valence electrons. The molecule has 1 aliphatic heterocycles. The van der Waals surface area contributed by atoms with Crippen molar-refractivity contribution >= 4 is 22.8 Å². The van der Waals surface area contributed by atoms with Gasteiger partial charge in [-0.3, -0.25) is 9.69 Å². The van der Waals surface area contributed by atoms with Crippen molar-refractivity contribution in [3.8, 4) is 0 Å². The van der Waals surface area contributed by atoms with Crippen LogP contribution in [0.25, 0.3) is 0 Å². The molecule has 4 nitrogen and oxygen atoms in total. The van der Waals surface area contributed by atoms with Crippen LogP contribution in [-0.2, 0) is 0 Å². The third kappa shape index (κ3) is 2.67. The quantitative estimate of drug-likeness (QED) is 0.793. The van der Waals surface area contributed by atoms with E-state index in [1.165, 1.54) is 12.8 Å². The zero-order valence-corrected chi connectivity index (χ0v) is 12.4. The summed E-state index contributed by atoms with van der Waals surface area (Å²) in [6, 6.07) is 0.617. The van der Waals surface area contributed by atoms with E-state index in [0.717, 1.165) is 48.2 Å². The van der Waals surface area contributed by atoms with E-state index in [9.17, 15) is 4.79 Å². The molecule has 0 aromatic carbocycles. The number of anilines is 1. The van der Waals surface area contributed by atoms with Crippen LogP contribution in [0, 0.1) is 0 Å². The predicted molar refractivity (Wildman–Crippen MR) is 78.4 cm³/mol. The summed E-state index contributed by atoms with van der Waals surface area (Å²) in [6.45, 7) is 8.71. The molecule has 2 heterocycles. The second kappa shape index (κ2) is 5.21. The normalized spacial score (nSPS) is 21.1. The van der Waals surface area contributed by atoms with Gasteiger partial charge >= 0.3 is 0 Å². The maximum atomic E-state index is 11.1. The van der Waals surface area contributed by atoms with Gasteiger partial charge in [0.2, 0.25) is 0 Å². The molecule has 3 rings (SSSR count). The number of aromatic nitrogens is 1. The lowest BCUT2D eigenvalue weighted by molar-refractivity contribution is 0.112. The number of piperazine rings is 1. The minimum absolute atomic E-state index is 0.558. The number of aldehydes is 1. The molecule has 0 unspecified atom stereocenters. The van der Waals surface area contributed by atoms with E-state index in [1.807, 2.05) is 0 Å². The Kier molecular flexibility index (Phi) is 3.58. The largest absolute Gasteiger partial charge is 0.346 e. The lowest BCUT2D eigenvalue weighted by Gasteiger charge is -2.36. The van der Waals surface area contributed by atoms with Gasteiger partial charge in [0.25, 0.3) is 0 Å². The molecule has 2 aliphatic rings. The average molecular weight is 279 g/mol. The Labute approximate surface area is 118 Å². The third-order valence-corrected chi connectivity index (χ3v) is 5.11. The highest BCUT2D eigenvalue weighted by molar-refractivity contribution is 7.17. The Hall–Kier alpha value is -0.940. The van der Waals surface area contributed by atoms with E-state index >= 15 is 0 Å². The standard InChI is InChI=1S/C14H21N3OS/c1-10(2)16-5-7-17(8-6-16)14-15-13(11-3-4-11)12(9-18)19-14/h9-11H,3-8H2,1-2H3. The summed E-state index contributed by atoms with van der Waals surface area (Å²) in [6.07, 6.45) is 3.38. The molecule has 1 aliphatic carbocycles. The van der Waals surface area contributed by atoms with Crippen LogP contribution in [-0.4, -0.2) is 48.4 Å². The fraction of sp³-hybridized carbons (Fsp3) is 0.714. The average Bonchev–Trinajstić information content (AvgIpc) is 3.18. The smallest absolute Gasteiger partial charge is 0.186 e. The van der Waals surface area contributed by atoms with Crippen molar-refractivity contribution in [1.82, 2.24) is 9.88 Å². The highest BCUT2D eigenvalue weighted by Gasteiger charge is 2.31. The molecule has 0 spiro atoms. The molecule has 0 N–H and O–H groups in total. The van der Waals surface area contributed by atoms with E-state index in [-0.39, 0.29) is 0 Å². The van der Waals surface area contributed by atoms with Gasteiger partial charge in [-0.2, -0.15) is 0 Å². The topological polar surface area (TPSA) is 36.4 Å². The monoisotopic (exact) mass is 279 g/mol. The minimum Gasteiger partial charge on any atom is -0.346 e. The second-order valence-electron chi connectivity index (χ2n) is 5.75. The van der Waals surface area contributed by atoms with Crippen LogP contribution >= 0.6 is 11.3 Å². The van der Waals surface area contributed by atoms with Crippen molar-refractivity contribution in [3.05, 3.63) is 10.6 Å². The lowest BCUT2D eigenvalue weighted by Crippen LogP contribution is -2.48. The number of hydrogen-bond acceptors (Lipinski definition) is 5. The first-order valence-corrected chi connectivity index (χ1v) is 7.95. The fourth-order valence-electron chi connectivity index (χ4n) is 2.63. The highest BCUT2D eigenvalue weighted by Crippen LogP contribution is 2.43. The molecular weight excluding hydrogens is 258 g/mol. The molecule has 1 aromatic heterocycles. The maximum Gasteiger partial charge on any atom is 0.186 e. The van der Waals surface area contributed by atoms with Gasteiger partial charge in [-0.1, -0.05) is 11.3 Å². The number of carbonyl (C=O) groups excluding carboxylic acids is 1. The minimum atomic E-state index is 0.558. The highest BCUT2D eigenvalue weighted by atomic mass is 32.1. The number of hydrogen-bond donors (Lipinski definition) is 0. The van der Waals surface area contributed by atoms with Gasteiger partial charge in [-0.25, -0.2) is 4.98 Å². The molecule has 1 saturated carbocycles. The summed E-state index contributed by atoms with van der Waals surface area (Å²) < 4.78 is 0. The summed E-state index contributed by atoms with van der Waals surface area (Å²) in [4.78, 5) is 21.6. The zero-order chi connectivity index (χ0) is 13.4. The number of nitrogens with zero attached hydrogens (tertiary/aromatic N) is 3. The molecule has 1 aromatic rings. The van der Waals surface area contributed by atoms with Gasteiger partial charge in [-0.05, 0) is 26.7 Å². The maximum absolute atomic E-state index is 11.1. The van der Waals surface area contributed by atoms with Crippen LogP contribution in [0.5, 0.6) is 0 Å². The molecule has 1 saturated heterocycles. The Morgan fingerprint density at radius 1 is 1.26 bits per heavy atom. The summed E-state index contributed by atoms with van der Waals surface area (Å²) >= 11 is 1.57. The first-order valence-electron chi connectivity index (χ1n) is 7.14. The van der Waals surface area contributed by atoms with E-state index in [4.69, 9.17) is 4.98 Å². The van der Waals surface area contributed by atoms with Crippen molar-refractivity contribution < 1.29 is 4.79 Å². The van der Waals surface area contributed by atoms with E-state index in [2.05, 4.69) is 23.6 Å². The van der Waals surface area contributed by atoms with Gasteiger partial charge in [0, 0.05) is 38.1 Å². The van der Waals surface area contributed by atoms with Crippen molar-refractivity contribution in [2.45, 2.75) is 38.6 Å². The van der Waals surface area contributed by atoms with Crippen LogP contribution in [0.3, 0.4) is 0 Å². The molecule has 0 amide bonds. The first kappa shape index (κ1) is 13.1. The molecule has 19 heavy (non-hydrogen) atoms.